The molecule has 0 saturated heterocycles. The molecule has 1 atom stereocenters. The van der Waals surface area contributed by atoms with Crippen molar-refractivity contribution in [2.75, 3.05) is 0 Å². The summed E-state index contributed by atoms with van der Waals surface area (Å²) in [6, 6.07) is 17.4. The van der Waals surface area contributed by atoms with Gasteiger partial charge in [-0.2, -0.15) is 0 Å². The fourth-order valence-corrected chi connectivity index (χ4v) is 11.3. The molecule has 0 saturated carbocycles. The number of rotatable bonds is 3. The van der Waals surface area contributed by atoms with Crippen LogP contribution in [0.25, 0.3) is 11.1 Å². The van der Waals surface area contributed by atoms with E-state index in [1.807, 2.05) is 0 Å². The highest BCUT2D eigenvalue weighted by molar-refractivity contribution is 7.00. The summed E-state index contributed by atoms with van der Waals surface area (Å²) < 4.78 is 0. The molecule has 0 aliphatic heterocycles. The average molecular weight is 345 g/mol. The summed E-state index contributed by atoms with van der Waals surface area (Å²) in [4.78, 5) is 0. The van der Waals surface area contributed by atoms with Crippen molar-refractivity contribution >= 4 is 13.3 Å². The molecule has 4 rings (SSSR count). The molecular formula is C24H28Si. The van der Waals surface area contributed by atoms with E-state index >= 15 is 0 Å². The van der Waals surface area contributed by atoms with Gasteiger partial charge in [0.05, 0.1) is 0 Å². The Hall–Kier alpha value is -1.86. The number of hydrogen-bond acceptors (Lipinski definition) is 0. The van der Waals surface area contributed by atoms with E-state index in [2.05, 4.69) is 88.4 Å². The summed E-state index contributed by atoms with van der Waals surface area (Å²) in [6.45, 7) is 9.86. The highest BCUT2D eigenvalue weighted by Gasteiger charge is 2.48. The maximum Gasteiger partial charge on any atom is 0.119 e. The van der Waals surface area contributed by atoms with E-state index in [9.17, 15) is 0 Å². The lowest BCUT2D eigenvalue weighted by molar-refractivity contribution is 0.721. The van der Waals surface area contributed by atoms with E-state index in [0.717, 1.165) is 12.8 Å². The number of fused-ring (bicyclic) bond motifs is 3. The van der Waals surface area contributed by atoms with Gasteiger partial charge in [-0.15, -0.1) is 0 Å². The Morgan fingerprint density at radius 2 is 1.72 bits per heavy atom. The molecule has 2 aromatic carbocycles. The van der Waals surface area contributed by atoms with E-state index in [4.69, 9.17) is 0 Å². The molecule has 25 heavy (non-hydrogen) atoms. The molecule has 0 spiro atoms. The van der Waals surface area contributed by atoms with Gasteiger partial charge in [-0.05, 0) is 45.3 Å². The zero-order valence-corrected chi connectivity index (χ0v) is 16.9. The van der Waals surface area contributed by atoms with Gasteiger partial charge in [0.2, 0.25) is 0 Å². The van der Waals surface area contributed by atoms with E-state index in [0.29, 0.717) is 5.04 Å². The van der Waals surface area contributed by atoms with Gasteiger partial charge in [0.25, 0.3) is 0 Å². The molecule has 0 amide bonds. The molecule has 0 N–H and O–H groups in total. The standard InChI is InChI=1S/C24H28Si/c1-5-25(24(2,3)4,19-12-7-8-13-19)23-16-10-15-21-20-14-9-6-11-18(20)17-22(21)23/h6-12,14-16H,5,13,17H2,1-4H3. The van der Waals surface area contributed by atoms with Crippen molar-refractivity contribution in [3.63, 3.8) is 0 Å². The number of allylic oxidation sites excluding steroid dienone is 4. The minimum Gasteiger partial charge on any atom is -0.0809 e. The van der Waals surface area contributed by atoms with Gasteiger partial charge >= 0.3 is 0 Å². The summed E-state index contributed by atoms with van der Waals surface area (Å²) in [7, 11) is -1.81. The predicted molar refractivity (Wildman–Crippen MR) is 112 cm³/mol. The third-order valence-electron chi connectivity index (χ3n) is 6.44. The second-order valence-electron chi connectivity index (χ2n) is 8.50. The lowest BCUT2D eigenvalue weighted by atomic mass is 10.1. The Kier molecular flexibility index (Phi) is 3.88. The Labute approximate surface area is 153 Å². The molecule has 1 unspecified atom stereocenters. The van der Waals surface area contributed by atoms with Crippen molar-refractivity contribution in [1.82, 2.24) is 0 Å². The van der Waals surface area contributed by atoms with Crippen LogP contribution < -0.4 is 5.19 Å². The van der Waals surface area contributed by atoms with Crippen molar-refractivity contribution in [1.29, 1.82) is 0 Å². The zero-order chi connectivity index (χ0) is 17.7. The van der Waals surface area contributed by atoms with Gasteiger partial charge in [-0.3, -0.25) is 0 Å². The number of benzene rings is 2. The van der Waals surface area contributed by atoms with Gasteiger partial charge < -0.3 is 0 Å². The monoisotopic (exact) mass is 344 g/mol. The summed E-state index contributed by atoms with van der Waals surface area (Å²) in [5.74, 6) is 0. The van der Waals surface area contributed by atoms with E-state index in [1.54, 1.807) is 15.9 Å². The smallest absolute Gasteiger partial charge is 0.0809 e. The predicted octanol–water partition coefficient (Wildman–Crippen LogP) is 6.16. The third-order valence-corrected chi connectivity index (χ3v) is 12.9. The first-order valence-corrected chi connectivity index (χ1v) is 11.8. The summed E-state index contributed by atoms with van der Waals surface area (Å²) in [5, 5.41) is 3.71. The average Bonchev–Trinajstić information content (AvgIpc) is 3.23. The fraction of sp³-hybridized carbons (Fsp3) is 0.333. The molecule has 0 aromatic heterocycles. The van der Waals surface area contributed by atoms with Gasteiger partial charge in [0.15, 0.2) is 0 Å². The highest BCUT2D eigenvalue weighted by Crippen LogP contribution is 2.47. The van der Waals surface area contributed by atoms with Crippen LogP contribution in [0, 0.1) is 0 Å². The van der Waals surface area contributed by atoms with Crippen LogP contribution in [0.4, 0.5) is 0 Å². The van der Waals surface area contributed by atoms with Gasteiger partial charge in [-0.1, -0.05) is 99.6 Å². The summed E-state index contributed by atoms with van der Waals surface area (Å²) in [5.41, 5.74) is 6.04. The molecular weight excluding hydrogens is 316 g/mol. The maximum absolute atomic E-state index is 2.48. The first-order valence-electron chi connectivity index (χ1n) is 9.56. The maximum atomic E-state index is 2.48. The van der Waals surface area contributed by atoms with E-state index < -0.39 is 8.07 Å². The largest absolute Gasteiger partial charge is 0.119 e. The van der Waals surface area contributed by atoms with Crippen LogP contribution in [0.5, 0.6) is 0 Å². The van der Waals surface area contributed by atoms with Crippen LogP contribution in [-0.2, 0) is 6.42 Å². The molecule has 2 aliphatic carbocycles. The topological polar surface area (TPSA) is 0 Å². The van der Waals surface area contributed by atoms with Crippen molar-refractivity contribution in [3.05, 3.63) is 77.0 Å². The molecule has 2 aliphatic rings. The van der Waals surface area contributed by atoms with Crippen LogP contribution in [0.3, 0.4) is 0 Å². The SMILES string of the molecule is CC[Si](C1=CC=CC1)(c1cccc2c1Cc1ccccc1-2)C(C)(C)C. The number of hydrogen-bond donors (Lipinski definition) is 0. The van der Waals surface area contributed by atoms with Gasteiger partial charge in [0.1, 0.15) is 8.07 Å². The van der Waals surface area contributed by atoms with Crippen LogP contribution >= 0.6 is 0 Å². The minimum atomic E-state index is -1.81. The normalized spacial score (nSPS) is 17.8. The Morgan fingerprint density at radius 3 is 2.40 bits per heavy atom. The van der Waals surface area contributed by atoms with Crippen molar-refractivity contribution in [2.45, 2.75) is 51.6 Å². The van der Waals surface area contributed by atoms with Crippen LogP contribution in [-0.4, -0.2) is 8.07 Å². The van der Waals surface area contributed by atoms with Crippen molar-refractivity contribution in [3.8, 4) is 11.1 Å². The van der Waals surface area contributed by atoms with Crippen molar-refractivity contribution < 1.29 is 0 Å². The van der Waals surface area contributed by atoms with E-state index in [1.165, 1.54) is 22.7 Å². The summed E-state index contributed by atoms with van der Waals surface area (Å²) >= 11 is 0. The zero-order valence-electron chi connectivity index (χ0n) is 15.9. The molecule has 0 bridgehead atoms. The molecule has 0 heterocycles. The van der Waals surface area contributed by atoms with E-state index in [-0.39, 0.29) is 0 Å². The quantitative estimate of drug-likeness (QED) is 0.499. The lowest BCUT2D eigenvalue weighted by Gasteiger charge is -2.45. The van der Waals surface area contributed by atoms with Crippen LogP contribution in [0.1, 0.15) is 45.2 Å². The van der Waals surface area contributed by atoms with Gasteiger partial charge in [0, 0.05) is 0 Å². The highest BCUT2D eigenvalue weighted by atomic mass is 28.3. The molecule has 128 valence electrons. The van der Waals surface area contributed by atoms with Crippen LogP contribution in [0.2, 0.25) is 11.1 Å². The molecule has 1 heteroatoms. The molecule has 0 radical (unpaired) electrons. The first kappa shape index (κ1) is 16.6. The third kappa shape index (κ3) is 2.32. The van der Waals surface area contributed by atoms with Crippen LogP contribution in [0.15, 0.2) is 65.9 Å². The lowest BCUT2D eigenvalue weighted by Crippen LogP contribution is -2.57. The molecule has 2 aromatic rings. The second kappa shape index (κ2) is 5.84. The fourth-order valence-electron chi connectivity index (χ4n) is 5.33. The second-order valence-corrected chi connectivity index (χ2v) is 13.7. The Morgan fingerprint density at radius 1 is 0.960 bits per heavy atom. The Bertz CT molecular complexity index is 879. The summed E-state index contributed by atoms with van der Waals surface area (Å²) in [6.07, 6.45) is 9.30. The first-order chi connectivity index (χ1) is 12.0. The van der Waals surface area contributed by atoms with Gasteiger partial charge in [-0.25, -0.2) is 0 Å². The molecule has 0 fully saturated rings. The molecule has 0 nitrogen and oxygen atoms in total. The Balaban J connectivity index is 1.97. The van der Waals surface area contributed by atoms with Crippen molar-refractivity contribution in [2.24, 2.45) is 0 Å². The minimum absolute atomic E-state index is 0.309.